The molecule has 0 saturated carbocycles. The molecule has 1 rings (SSSR count). The van der Waals surface area contributed by atoms with Gasteiger partial charge in [0, 0.05) is 0 Å². The lowest BCUT2D eigenvalue weighted by molar-refractivity contribution is 0.680. The number of benzene rings is 1. The van der Waals surface area contributed by atoms with Crippen molar-refractivity contribution >= 4 is 11.8 Å². The number of hydrogen-bond acceptors (Lipinski definition) is 1. The molecule has 0 aliphatic heterocycles. The molecule has 0 aliphatic carbocycles. The lowest BCUT2D eigenvalue weighted by Crippen LogP contribution is -1.84. The van der Waals surface area contributed by atoms with E-state index in [0.717, 1.165) is 25.7 Å². The van der Waals surface area contributed by atoms with Crippen LogP contribution in [0.4, 0.5) is 4.39 Å². The molecule has 0 radical (unpaired) electrons. The largest absolute Gasteiger partial charge is 0.200 e. The topological polar surface area (TPSA) is 0 Å². The molecule has 0 unspecified atom stereocenters. The number of unbranched alkanes of at least 4 members (excludes halogenated alkanes) is 2. The molecule has 82 valence electrons. The summed E-state index contributed by atoms with van der Waals surface area (Å²) < 4.78 is 12.7. The highest BCUT2D eigenvalue weighted by Gasteiger charge is 1.93. The maximum absolute atomic E-state index is 12.7. The predicted octanol–water partition coefficient (Wildman–Crippen LogP) is 4.57. The van der Waals surface area contributed by atoms with E-state index in [1.54, 1.807) is 12.3 Å². The summed E-state index contributed by atoms with van der Waals surface area (Å²) in [4.78, 5) is 0. The van der Waals surface area contributed by atoms with Crippen molar-refractivity contribution in [2.24, 2.45) is 0 Å². The van der Waals surface area contributed by atoms with E-state index in [0.29, 0.717) is 0 Å². The molecule has 0 aromatic heterocycles. The first-order valence-electron chi connectivity index (χ1n) is 5.26. The summed E-state index contributed by atoms with van der Waals surface area (Å²) in [5.41, 5.74) is 1.37. The van der Waals surface area contributed by atoms with E-state index >= 15 is 0 Å². The van der Waals surface area contributed by atoms with Crippen LogP contribution < -0.4 is 0 Å². The smallest absolute Gasteiger partial charge is 0.152 e. The highest BCUT2D eigenvalue weighted by atomic mass is 32.2. The van der Waals surface area contributed by atoms with E-state index in [1.807, 2.05) is 6.07 Å². The quantitative estimate of drug-likeness (QED) is 0.638. The molecule has 0 aliphatic rings. The molecule has 0 saturated heterocycles. The van der Waals surface area contributed by atoms with Crippen molar-refractivity contribution in [2.75, 3.05) is 6.26 Å². The van der Waals surface area contributed by atoms with E-state index < -0.39 is 0 Å². The zero-order valence-corrected chi connectivity index (χ0v) is 9.90. The van der Waals surface area contributed by atoms with E-state index in [9.17, 15) is 4.39 Å². The summed E-state index contributed by atoms with van der Waals surface area (Å²) in [6, 6.07) is 10.4. The molecule has 0 N–H and O–H groups in total. The van der Waals surface area contributed by atoms with Crippen molar-refractivity contribution in [3.05, 3.63) is 47.1 Å². The molecule has 15 heavy (non-hydrogen) atoms. The van der Waals surface area contributed by atoms with Crippen LogP contribution in [0.25, 0.3) is 0 Å². The van der Waals surface area contributed by atoms with Crippen molar-refractivity contribution in [2.45, 2.75) is 25.7 Å². The Balaban J connectivity index is 2.13. The number of thioether (sulfide) groups is 1. The van der Waals surface area contributed by atoms with Gasteiger partial charge in [-0.2, -0.15) is 4.39 Å². The van der Waals surface area contributed by atoms with Crippen LogP contribution in [0.1, 0.15) is 24.8 Å². The molecule has 0 fully saturated rings. The fourth-order valence-electron chi connectivity index (χ4n) is 1.42. The fourth-order valence-corrected chi connectivity index (χ4v) is 1.70. The van der Waals surface area contributed by atoms with Gasteiger partial charge < -0.3 is 0 Å². The second-order valence-electron chi connectivity index (χ2n) is 3.44. The Morgan fingerprint density at radius 2 is 2.00 bits per heavy atom. The average molecular weight is 224 g/mol. The minimum Gasteiger partial charge on any atom is -0.200 e. The van der Waals surface area contributed by atoms with Gasteiger partial charge >= 0.3 is 0 Å². The highest BCUT2D eigenvalue weighted by Crippen LogP contribution is 2.14. The number of halogens is 1. The third-order valence-corrected chi connectivity index (χ3v) is 2.82. The molecule has 0 spiro atoms. The van der Waals surface area contributed by atoms with Crippen LogP contribution >= 0.6 is 11.8 Å². The van der Waals surface area contributed by atoms with Gasteiger partial charge in [-0.25, -0.2) is 0 Å². The molecule has 0 heterocycles. The first-order chi connectivity index (χ1) is 7.33. The molecular weight excluding hydrogens is 207 g/mol. The highest BCUT2D eigenvalue weighted by molar-refractivity contribution is 8.02. The van der Waals surface area contributed by atoms with Crippen LogP contribution in [-0.2, 0) is 6.42 Å². The Bertz CT molecular complexity index is 293. The van der Waals surface area contributed by atoms with Crippen molar-refractivity contribution in [1.29, 1.82) is 0 Å². The Morgan fingerprint density at radius 3 is 2.67 bits per heavy atom. The van der Waals surface area contributed by atoms with Crippen molar-refractivity contribution in [1.82, 2.24) is 0 Å². The summed E-state index contributed by atoms with van der Waals surface area (Å²) in [6.45, 7) is 0. The van der Waals surface area contributed by atoms with Gasteiger partial charge in [-0.05, 0) is 43.6 Å². The number of aryl methyl sites for hydroxylation is 1. The molecule has 0 atom stereocenters. The minimum atomic E-state index is -0.0605. The van der Waals surface area contributed by atoms with Gasteiger partial charge in [0.15, 0.2) is 5.16 Å². The number of rotatable bonds is 6. The van der Waals surface area contributed by atoms with Crippen molar-refractivity contribution < 1.29 is 4.39 Å². The summed E-state index contributed by atoms with van der Waals surface area (Å²) in [7, 11) is 0. The molecule has 2 heteroatoms. The lowest BCUT2D eigenvalue weighted by atomic mass is 10.1. The van der Waals surface area contributed by atoms with Gasteiger partial charge in [0.2, 0.25) is 0 Å². The molecule has 0 amide bonds. The maximum atomic E-state index is 12.7. The zero-order valence-electron chi connectivity index (χ0n) is 9.08. The van der Waals surface area contributed by atoms with Crippen LogP contribution in [0.15, 0.2) is 41.6 Å². The lowest BCUT2D eigenvalue weighted by Gasteiger charge is -1.99. The fraction of sp³-hybridized carbons (Fsp3) is 0.385. The van der Waals surface area contributed by atoms with Crippen molar-refractivity contribution in [3.8, 4) is 0 Å². The Labute approximate surface area is 95.6 Å². The van der Waals surface area contributed by atoms with Crippen LogP contribution in [0, 0.1) is 0 Å². The van der Waals surface area contributed by atoms with Crippen molar-refractivity contribution in [3.63, 3.8) is 0 Å². The summed E-state index contributed by atoms with van der Waals surface area (Å²) in [6.07, 6.45) is 7.56. The maximum Gasteiger partial charge on any atom is 0.152 e. The Kier molecular flexibility index (Phi) is 6.17. The first kappa shape index (κ1) is 12.3. The summed E-state index contributed by atoms with van der Waals surface area (Å²) >= 11 is 1.17. The second kappa shape index (κ2) is 7.52. The monoisotopic (exact) mass is 224 g/mol. The Hall–Kier alpha value is -0.760. The van der Waals surface area contributed by atoms with Crippen LogP contribution in [0.5, 0.6) is 0 Å². The van der Waals surface area contributed by atoms with Gasteiger partial charge in [-0.3, -0.25) is 0 Å². The predicted molar refractivity (Wildman–Crippen MR) is 66.7 cm³/mol. The molecule has 0 bridgehead atoms. The van der Waals surface area contributed by atoms with E-state index in [1.165, 1.54) is 17.3 Å². The normalized spacial score (nSPS) is 11.7. The van der Waals surface area contributed by atoms with E-state index in [4.69, 9.17) is 0 Å². The average Bonchev–Trinajstić information content (AvgIpc) is 2.29. The standard InChI is InChI=1S/C13H17FS/c1-15-13(14)11-7-3-6-10-12-8-4-2-5-9-12/h2,4-5,8-9,11H,3,6-7,10H2,1H3/b13-11+. The Morgan fingerprint density at radius 1 is 1.27 bits per heavy atom. The SMILES string of the molecule is CS/C(F)=C/CCCCc1ccccc1. The molecular formula is C13H17FS. The van der Waals surface area contributed by atoms with Gasteiger partial charge in [0.05, 0.1) is 0 Å². The first-order valence-corrected chi connectivity index (χ1v) is 6.49. The van der Waals surface area contributed by atoms with Gasteiger partial charge in [0.25, 0.3) is 0 Å². The number of allylic oxidation sites excluding steroid dienone is 1. The van der Waals surface area contributed by atoms with Gasteiger partial charge in [-0.15, -0.1) is 0 Å². The van der Waals surface area contributed by atoms with E-state index in [-0.39, 0.29) is 5.16 Å². The number of hydrogen-bond donors (Lipinski definition) is 0. The second-order valence-corrected chi connectivity index (χ2v) is 4.24. The molecule has 1 aromatic rings. The van der Waals surface area contributed by atoms with Gasteiger partial charge in [0.1, 0.15) is 0 Å². The molecule has 0 nitrogen and oxygen atoms in total. The van der Waals surface area contributed by atoms with Gasteiger partial charge in [-0.1, -0.05) is 42.1 Å². The van der Waals surface area contributed by atoms with Crippen LogP contribution in [0.3, 0.4) is 0 Å². The minimum absolute atomic E-state index is 0.0605. The van der Waals surface area contributed by atoms with Crippen LogP contribution in [0.2, 0.25) is 0 Å². The molecule has 1 aromatic carbocycles. The third kappa shape index (κ3) is 5.63. The summed E-state index contributed by atoms with van der Waals surface area (Å²) in [5, 5.41) is -0.0605. The van der Waals surface area contributed by atoms with Crippen LogP contribution in [-0.4, -0.2) is 6.26 Å². The van der Waals surface area contributed by atoms with E-state index in [2.05, 4.69) is 24.3 Å². The summed E-state index contributed by atoms with van der Waals surface area (Å²) in [5.74, 6) is 0. The third-order valence-electron chi connectivity index (χ3n) is 2.26. The zero-order chi connectivity index (χ0) is 10.9.